The zero-order chi connectivity index (χ0) is 30.5. The summed E-state index contributed by atoms with van der Waals surface area (Å²) in [4.78, 5) is 34.3. The molecule has 2 aromatic carbocycles. The lowest BCUT2D eigenvalue weighted by Gasteiger charge is -2.32. The van der Waals surface area contributed by atoms with E-state index in [2.05, 4.69) is 15.1 Å². The number of fused-ring (bicyclic) bond motifs is 1. The lowest BCUT2D eigenvalue weighted by molar-refractivity contribution is -0.138. The van der Waals surface area contributed by atoms with Crippen LogP contribution >= 0.6 is 0 Å². The summed E-state index contributed by atoms with van der Waals surface area (Å²) in [6, 6.07) is 12.1. The lowest BCUT2D eigenvalue weighted by Crippen LogP contribution is -2.40. The van der Waals surface area contributed by atoms with E-state index in [1.165, 1.54) is 27.4 Å². The van der Waals surface area contributed by atoms with Crippen LogP contribution in [0.3, 0.4) is 0 Å². The molecule has 1 amide bonds. The Morgan fingerprint density at radius 3 is 2.09 bits per heavy atom. The van der Waals surface area contributed by atoms with Crippen LogP contribution in [0.4, 0.5) is 26.3 Å². The number of hydrogen-bond donors (Lipinski definition) is 1. The number of carbonyl (C=O) groups is 1. The summed E-state index contributed by atoms with van der Waals surface area (Å²) in [5.41, 5.74) is -0.262. The van der Waals surface area contributed by atoms with Crippen molar-refractivity contribution in [3.63, 3.8) is 0 Å². The third-order valence-electron chi connectivity index (χ3n) is 7.50. The third kappa shape index (κ3) is 5.40. The first-order valence-corrected chi connectivity index (χ1v) is 13.2. The molecule has 0 bridgehead atoms. The zero-order valence-corrected chi connectivity index (χ0v) is 22.2. The maximum absolute atomic E-state index is 13.5. The predicted octanol–water partition coefficient (Wildman–Crippen LogP) is 6.09. The number of alkyl halides is 6. The number of imidazole rings is 1. The smallest absolute Gasteiger partial charge is 0.337 e. The molecule has 1 aliphatic heterocycles. The Kier molecular flexibility index (Phi) is 6.86. The fourth-order valence-electron chi connectivity index (χ4n) is 5.36. The molecule has 0 unspecified atom stereocenters. The molecule has 14 heteroatoms. The van der Waals surface area contributed by atoms with Crippen LogP contribution in [0.25, 0.3) is 28.0 Å². The number of carbonyl (C=O) groups excluding carboxylic acids is 1. The van der Waals surface area contributed by atoms with E-state index in [9.17, 15) is 35.9 Å². The van der Waals surface area contributed by atoms with Gasteiger partial charge in [0.25, 0.3) is 5.91 Å². The molecule has 1 fully saturated rings. The molecule has 1 saturated heterocycles. The summed E-state index contributed by atoms with van der Waals surface area (Å²) < 4.78 is 81.6. The van der Waals surface area contributed by atoms with Crippen molar-refractivity contribution in [2.45, 2.75) is 31.2 Å². The largest absolute Gasteiger partial charge is 0.416 e. The monoisotopic (exact) mass is 600 g/mol. The Hall–Kier alpha value is -4.88. The average molecular weight is 601 g/mol. The maximum Gasteiger partial charge on any atom is 0.416 e. The second-order valence-electron chi connectivity index (χ2n) is 10.2. The van der Waals surface area contributed by atoms with E-state index in [-0.39, 0.29) is 30.3 Å². The van der Waals surface area contributed by atoms with Crippen LogP contribution in [-0.4, -0.2) is 48.2 Å². The summed E-state index contributed by atoms with van der Waals surface area (Å²) in [6.45, 7) is 0.502. The molecule has 5 aromatic rings. The van der Waals surface area contributed by atoms with Gasteiger partial charge in [0.2, 0.25) is 0 Å². The van der Waals surface area contributed by atoms with Gasteiger partial charge in [-0.25, -0.2) is 9.48 Å². The van der Waals surface area contributed by atoms with Gasteiger partial charge in [-0.1, -0.05) is 0 Å². The van der Waals surface area contributed by atoms with Crippen LogP contribution in [-0.2, 0) is 12.4 Å². The molecule has 0 spiro atoms. The lowest BCUT2D eigenvalue weighted by atomic mass is 10.0. The van der Waals surface area contributed by atoms with Gasteiger partial charge < -0.3 is 9.88 Å². The van der Waals surface area contributed by atoms with Gasteiger partial charge in [-0.15, -0.1) is 0 Å². The van der Waals surface area contributed by atoms with Crippen LogP contribution < -0.4 is 5.69 Å². The number of likely N-dealkylation sites (tertiary alicyclic amines) is 1. The van der Waals surface area contributed by atoms with E-state index < -0.39 is 35.1 Å². The molecule has 0 atom stereocenters. The van der Waals surface area contributed by atoms with Gasteiger partial charge in [0.15, 0.2) is 5.69 Å². The third-order valence-corrected chi connectivity index (χ3v) is 7.50. The van der Waals surface area contributed by atoms with E-state index in [0.29, 0.717) is 35.3 Å². The fourth-order valence-corrected chi connectivity index (χ4v) is 5.36. The van der Waals surface area contributed by atoms with E-state index in [1.807, 2.05) is 0 Å². The Balaban J connectivity index is 1.25. The molecule has 0 radical (unpaired) electrons. The first-order valence-electron chi connectivity index (χ1n) is 13.2. The fraction of sp³-hybridized carbons (Fsp3) is 0.241. The number of hydrogen-bond acceptors (Lipinski definition) is 4. The highest BCUT2D eigenvalue weighted by Crippen LogP contribution is 2.33. The minimum absolute atomic E-state index is 0.0779. The second kappa shape index (κ2) is 10.4. The molecule has 43 heavy (non-hydrogen) atoms. The molecule has 0 aliphatic carbocycles. The first kappa shape index (κ1) is 28.2. The van der Waals surface area contributed by atoms with Crippen LogP contribution in [0.5, 0.6) is 0 Å². The van der Waals surface area contributed by atoms with Crippen molar-refractivity contribution in [2.24, 2.45) is 0 Å². The van der Waals surface area contributed by atoms with E-state index in [1.54, 1.807) is 35.5 Å². The molecule has 4 heterocycles. The van der Waals surface area contributed by atoms with Gasteiger partial charge in [0, 0.05) is 37.1 Å². The van der Waals surface area contributed by atoms with Gasteiger partial charge in [0.1, 0.15) is 0 Å². The summed E-state index contributed by atoms with van der Waals surface area (Å²) in [5, 5.41) is 4.45. The van der Waals surface area contributed by atoms with Crippen molar-refractivity contribution in [1.29, 1.82) is 0 Å². The van der Waals surface area contributed by atoms with Gasteiger partial charge in [-0.3, -0.25) is 14.3 Å². The number of halogens is 6. The second-order valence-corrected chi connectivity index (χ2v) is 10.2. The van der Waals surface area contributed by atoms with Crippen LogP contribution in [0.2, 0.25) is 0 Å². The summed E-state index contributed by atoms with van der Waals surface area (Å²) in [7, 11) is 0. The molecule has 6 rings (SSSR count). The van der Waals surface area contributed by atoms with Crippen LogP contribution in [0.15, 0.2) is 77.9 Å². The number of H-pyrrole nitrogens is 1. The number of benzene rings is 2. The number of nitrogens with one attached hydrogen (secondary N) is 1. The Morgan fingerprint density at radius 1 is 0.837 bits per heavy atom. The van der Waals surface area contributed by atoms with E-state index >= 15 is 0 Å². The Morgan fingerprint density at radius 2 is 1.47 bits per heavy atom. The van der Waals surface area contributed by atoms with E-state index in [4.69, 9.17) is 0 Å². The van der Waals surface area contributed by atoms with Gasteiger partial charge in [-0.05, 0) is 73.5 Å². The van der Waals surface area contributed by atoms with Gasteiger partial charge in [0.05, 0.1) is 33.5 Å². The topological polar surface area (TPSA) is 88.8 Å². The highest BCUT2D eigenvalue weighted by Gasteiger charge is 2.33. The molecular formula is C29H22F6N6O2. The molecule has 1 N–H and O–H groups in total. The highest BCUT2D eigenvalue weighted by molar-refractivity contribution is 5.93. The summed E-state index contributed by atoms with van der Waals surface area (Å²) >= 11 is 0. The predicted molar refractivity (Wildman–Crippen MR) is 144 cm³/mol. The first-order chi connectivity index (χ1) is 20.4. The van der Waals surface area contributed by atoms with Crippen molar-refractivity contribution in [1.82, 2.24) is 29.2 Å². The van der Waals surface area contributed by atoms with Crippen molar-refractivity contribution >= 4 is 16.9 Å². The number of amides is 1. The van der Waals surface area contributed by atoms with Gasteiger partial charge in [-0.2, -0.15) is 31.4 Å². The number of piperidine rings is 1. The molecule has 8 nitrogen and oxygen atoms in total. The summed E-state index contributed by atoms with van der Waals surface area (Å²) in [5.74, 6) is -0.402. The van der Waals surface area contributed by atoms with Crippen molar-refractivity contribution in [3.05, 3.63) is 100 Å². The van der Waals surface area contributed by atoms with Crippen LogP contribution in [0.1, 0.15) is 40.5 Å². The van der Waals surface area contributed by atoms with Crippen molar-refractivity contribution in [2.75, 3.05) is 13.1 Å². The van der Waals surface area contributed by atoms with Crippen LogP contribution in [0, 0.1) is 0 Å². The zero-order valence-electron chi connectivity index (χ0n) is 22.2. The minimum atomic E-state index is -4.55. The molecule has 0 saturated carbocycles. The van der Waals surface area contributed by atoms with Crippen molar-refractivity contribution in [3.8, 4) is 16.9 Å². The maximum atomic E-state index is 13.5. The molecule has 1 aliphatic rings. The number of aromatic amines is 1. The number of pyridine rings is 1. The highest BCUT2D eigenvalue weighted by atomic mass is 19.4. The number of rotatable bonds is 4. The Labute approximate surface area is 239 Å². The molecular weight excluding hydrogens is 578 g/mol. The van der Waals surface area contributed by atoms with E-state index in [0.717, 1.165) is 24.3 Å². The van der Waals surface area contributed by atoms with Crippen molar-refractivity contribution < 1.29 is 31.1 Å². The van der Waals surface area contributed by atoms with Gasteiger partial charge >= 0.3 is 18.0 Å². The SMILES string of the molecule is O=C(c1cc(-c2ccncc2)n(-c2ccc(C(F)(F)F)cc2)n1)N1CCC(n2c(=O)[nH]c3cc(C(F)(F)F)ccc32)CC1. The quantitative estimate of drug-likeness (QED) is 0.253. The number of nitrogens with zero attached hydrogens (tertiary/aromatic N) is 5. The number of aromatic nitrogens is 5. The molecule has 222 valence electrons. The minimum Gasteiger partial charge on any atom is -0.337 e. The molecule has 3 aromatic heterocycles. The Bertz CT molecular complexity index is 1850. The average Bonchev–Trinajstić information content (AvgIpc) is 3.57. The standard InChI is InChI=1S/C29H22F6N6O2/c30-28(31,32)18-1-4-21(5-2-18)41-25(17-7-11-36-12-8-17)16-23(38-41)26(42)39-13-9-20(10-14-39)40-24-6-3-19(29(33,34)35)15-22(24)37-27(40)43/h1-8,11-12,15-16,20H,9-10,13-14H2,(H,37,43). The summed E-state index contributed by atoms with van der Waals surface area (Å²) in [6.07, 6.45) is -5.22. The normalized spacial score (nSPS) is 14.9.